The molecular formula is C24H31NO. The van der Waals surface area contributed by atoms with Gasteiger partial charge in [-0.2, -0.15) is 5.26 Å². The minimum absolute atomic E-state index is 0.0972. The molecule has 0 radical (unpaired) electrons. The molecule has 0 amide bonds. The van der Waals surface area contributed by atoms with Crippen LogP contribution in [-0.2, 0) is 4.79 Å². The van der Waals surface area contributed by atoms with E-state index >= 15 is 0 Å². The van der Waals surface area contributed by atoms with Crippen molar-refractivity contribution >= 4 is 5.78 Å². The number of carbonyl (C=O) groups excluding carboxylic acids is 1. The Balaban J connectivity index is 1.44. The standard InChI is InChI=1S/C24H31NO/c1-23-8-7-17-16-6-5-15(26)9-14(16)10-18(13-3-4-13)21(17)22(23)19-11-20(19)24(23,2)12-25/h9,13,16-22H,3-8,10-11H2,1-2H3/t16-,17+,18+,19+,20-,21-,22-,23-,24-/m0/s1. The van der Waals surface area contributed by atoms with Crippen molar-refractivity contribution in [2.24, 2.45) is 58.2 Å². The maximum absolute atomic E-state index is 12.1. The van der Waals surface area contributed by atoms with E-state index in [-0.39, 0.29) is 10.8 Å². The number of hydrogen-bond acceptors (Lipinski definition) is 2. The smallest absolute Gasteiger partial charge is 0.155 e. The van der Waals surface area contributed by atoms with Gasteiger partial charge in [0.2, 0.25) is 0 Å². The number of hydrogen-bond donors (Lipinski definition) is 0. The first-order chi connectivity index (χ1) is 12.5. The highest BCUT2D eigenvalue weighted by Crippen LogP contribution is 2.79. The molecule has 6 aliphatic rings. The van der Waals surface area contributed by atoms with Crippen LogP contribution in [0.25, 0.3) is 0 Å². The van der Waals surface area contributed by atoms with E-state index in [1.807, 2.05) is 0 Å². The van der Waals surface area contributed by atoms with Gasteiger partial charge in [0.05, 0.1) is 11.5 Å². The topological polar surface area (TPSA) is 40.9 Å². The summed E-state index contributed by atoms with van der Waals surface area (Å²) in [6.07, 6.45) is 11.8. The van der Waals surface area contributed by atoms with Crippen LogP contribution in [0.1, 0.15) is 65.2 Å². The maximum atomic E-state index is 12.1. The van der Waals surface area contributed by atoms with Crippen LogP contribution in [0, 0.1) is 69.5 Å². The Hall–Kier alpha value is -1.10. The first kappa shape index (κ1) is 15.9. The van der Waals surface area contributed by atoms with E-state index in [0.29, 0.717) is 17.6 Å². The quantitative estimate of drug-likeness (QED) is 0.657. The summed E-state index contributed by atoms with van der Waals surface area (Å²) in [5, 5.41) is 10.1. The van der Waals surface area contributed by atoms with Crippen LogP contribution < -0.4 is 0 Å². The van der Waals surface area contributed by atoms with Gasteiger partial charge in [-0.1, -0.05) is 12.5 Å². The number of carbonyl (C=O) groups is 1. The minimum atomic E-state index is -0.0972. The predicted molar refractivity (Wildman–Crippen MR) is 99.8 cm³/mol. The van der Waals surface area contributed by atoms with Gasteiger partial charge in [0.25, 0.3) is 0 Å². The first-order valence-electron chi connectivity index (χ1n) is 11.1. The summed E-state index contributed by atoms with van der Waals surface area (Å²) in [5.74, 6) is 6.70. The molecule has 0 spiro atoms. The van der Waals surface area contributed by atoms with Gasteiger partial charge in [0, 0.05) is 6.42 Å². The predicted octanol–water partition coefficient (Wildman–Crippen LogP) is 5.15. The number of nitrogens with zero attached hydrogens (tertiary/aromatic N) is 1. The summed E-state index contributed by atoms with van der Waals surface area (Å²) in [5.41, 5.74) is 1.66. The summed E-state index contributed by atoms with van der Waals surface area (Å²) in [6, 6.07) is 2.83. The number of fused-ring (bicyclic) bond motifs is 7. The second-order valence-corrected chi connectivity index (χ2v) is 11.1. The molecule has 0 saturated heterocycles. The Morgan fingerprint density at radius 1 is 1.12 bits per heavy atom. The van der Waals surface area contributed by atoms with Crippen molar-refractivity contribution in [2.75, 3.05) is 0 Å². The Morgan fingerprint density at radius 2 is 1.92 bits per heavy atom. The molecule has 0 N–H and O–H groups in total. The number of nitriles is 1. The number of allylic oxidation sites excluding steroid dienone is 1. The van der Waals surface area contributed by atoms with Gasteiger partial charge in [-0.25, -0.2) is 0 Å². The lowest BCUT2D eigenvalue weighted by Gasteiger charge is -2.59. The molecule has 138 valence electrons. The molecule has 5 fully saturated rings. The summed E-state index contributed by atoms with van der Waals surface area (Å²) in [7, 11) is 0. The highest BCUT2D eigenvalue weighted by molar-refractivity contribution is 5.91. The molecule has 0 aromatic heterocycles. The second kappa shape index (κ2) is 4.84. The fourth-order valence-electron chi connectivity index (χ4n) is 8.83. The Morgan fingerprint density at radius 3 is 2.65 bits per heavy atom. The molecule has 2 heteroatoms. The first-order valence-corrected chi connectivity index (χ1v) is 11.1. The van der Waals surface area contributed by atoms with Gasteiger partial charge >= 0.3 is 0 Å². The van der Waals surface area contributed by atoms with Crippen LogP contribution in [0.4, 0.5) is 0 Å². The van der Waals surface area contributed by atoms with E-state index < -0.39 is 0 Å². The average molecular weight is 350 g/mol. The average Bonchev–Trinajstić information content (AvgIpc) is 3.52. The van der Waals surface area contributed by atoms with E-state index in [4.69, 9.17) is 0 Å². The zero-order valence-electron chi connectivity index (χ0n) is 16.2. The Labute approximate surface area is 157 Å². The molecule has 6 rings (SSSR count). The summed E-state index contributed by atoms with van der Waals surface area (Å²) < 4.78 is 0. The van der Waals surface area contributed by atoms with Crippen LogP contribution in [0.2, 0.25) is 0 Å². The lowest BCUT2D eigenvalue weighted by atomic mass is 9.45. The summed E-state index contributed by atoms with van der Waals surface area (Å²) in [6.45, 7) is 4.79. The van der Waals surface area contributed by atoms with Crippen molar-refractivity contribution in [1.29, 1.82) is 5.26 Å². The molecule has 9 atom stereocenters. The van der Waals surface area contributed by atoms with E-state index in [9.17, 15) is 10.1 Å². The largest absolute Gasteiger partial charge is 0.295 e. The van der Waals surface area contributed by atoms with Crippen molar-refractivity contribution in [2.45, 2.75) is 65.2 Å². The van der Waals surface area contributed by atoms with Gasteiger partial charge in [0.1, 0.15) is 0 Å². The Kier molecular flexibility index (Phi) is 2.96. The van der Waals surface area contributed by atoms with E-state index in [2.05, 4.69) is 26.0 Å². The fraction of sp³-hybridized carbons (Fsp3) is 0.833. The number of ketones is 1. The fourth-order valence-corrected chi connectivity index (χ4v) is 8.83. The molecule has 5 saturated carbocycles. The molecule has 0 aromatic carbocycles. The van der Waals surface area contributed by atoms with E-state index in [0.717, 1.165) is 48.3 Å². The molecule has 0 bridgehead atoms. The lowest BCUT2D eigenvalue weighted by Crippen LogP contribution is -2.53. The highest BCUT2D eigenvalue weighted by atomic mass is 16.1. The zero-order valence-corrected chi connectivity index (χ0v) is 16.2. The molecule has 0 aromatic rings. The molecule has 2 nitrogen and oxygen atoms in total. The molecular weight excluding hydrogens is 318 g/mol. The SMILES string of the molecule is C[C@]1(C#N)[C@H]2C[C@H]2[C@H]2[C@H]3[C@H](CC[C@@]21C)[C@H]1CCC(=O)C=C1C[C@@H]3C1CC1. The molecule has 0 heterocycles. The highest BCUT2D eigenvalue weighted by Gasteiger charge is 2.75. The van der Waals surface area contributed by atoms with Crippen molar-refractivity contribution in [1.82, 2.24) is 0 Å². The van der Waals surface area contributed by atoms with Gasteiger partial charge in [0.15, 0.2) is 5.78 Å². The third-order valence-electron chi connectivity index (χ3n) is 10.3. The van der Waals surface area contributed by atoms with E-state index in [1.54, 1.807) is 0 Å². The normalized spacial score (nSPS) is 57.2. The maximum Gasteiger partial charge on any atom is 0.155 e. The van der Waals surface area contributed by atoms with Crippen LogP contribution in [0.5, 0.6) is 0 Å². The molecule has 0 unspecified atom stereocenters. The van der Waals surface area contributed by atoms with Crippen molar-refractivity contribution in [3.8, 4) is 6.07 Å². The molecule has 6 aliphatic carbocycles. The summed E-state index contributed by atoms with van der Waals surface area (Å²) >= 11 is 0. The van der Waals surface area contributed by atoms with Crippen molar-refractivity contribution in [3.05, 3.63) is 11.6 Å². The van der Waals surface area contributed by atoms with Crippen molar-refractivity contribution < 1.29 is 4.79 Å². The minimum Gasteiger partial charge on any atom is -0.295 e. The van der Waals surface area contributed by atoms with Gasteiger partial charge < -0.3 is 0 Å². The van der Waals surface area contributed by atoms with Crippen LogP contribution >= 0.6 is 0 Å². The van der Waals surface area contributed by atoms with Crippen LogP contribution in [0.3, 0.4) is 0 Å². The van der Waals surface area contributed by atoms with Gasteiger partial charge in [-0.15, -0.1) is 0 Å². The molecule has 26 heavy (non-hydrogen) atoms. The lowest BCUT2D eigenvalue weighted by molar-refractivity contribution is -0.117. The van der Waals surface area contributed by atoms with Crippen LogP contribution in [-0.4, -0.2) is 5.78 Å². The Bertz CT molecular complexity index is 757. The number of rotatable bonds is 1. The molecule has 0 aliphatic heterocycles. The van der Waals surface area contributed by atoms with Gasteiger partial charge in [-0.05, 0) is 111 Å². The summed E-state index contributed by atoms with van der Waals surface area (Å²) in [4.78, 5) is 12.1. The third kappa shape index (κ3) is 1.76. The second-order valence-electron chi connectivity index (χ2n) is 11.1. The van der Waals surface area contributed by atoms with Crippen LogP contribution in [0.15, 0.2) is 11.6 Å². The van der Waals surface area contributed by atoms with Crippen molar-refractivity contribution in [3.63, 3.8) is 0 Å². The van der Waals surface area contributed by atoms with Gasteiger partial charge in [-0.3, -0.25) is 4.79 Å². The zero-order chi connectivity index (χ0) is 17.8. The van der Waals surface area contributed by atoms with E-state index in [1.165, 1.54) is 44.1 Å². The monoisotopic (exact) mass is 349 g/mol. The third-order valence-corrected chi connectivity index (χ3v) is 10.3.